The summed E-state index contributed by atoms with van der Waals surface area (Å²) in [6.45, 7) is 1.53. The van der Waals surface area contributed by atoms with E-state index in [1.165, 1.54) is 6.20 Å². The van der Waals surface area contributed by atoms with Crippen molar-refractivity contribution >= 4 is 11.9 Å². The summed E-state index contributed by atoms with van der Waals surface area (Å²) in [7, 11) is 0. The minimum atomic E-state index is -1.22. The lowest BCUT2D eigenvalue weighted by atomic mass is 10.1. The Kier molecular flexibility index (Phi) is 5.36. The fourth-order valence-electron chi connectivity index (χ4n) is 2.80. The Balaban J connectivity index is 2.16. The molecular formula is C15H21N3O5. The molecule has 1 aromatic rings. The van der Waals surface area contributed by atoms with Crippen molar-refractivity contribution in [1.29, 1.82) is 0 Å². The van der Waals surface area contributed by atoms with Crippen molar-refractivity contribution in [1.82, 2.24) is 14.9 Å². The molecule has 0 spiro atoms. The number of aryl methyl sites for hydroxylation is 1. The van der Waals surface area contributed by atoms with E-state index in [4.69, 9.17) is 0 Å². The van der Waals surface area contributed by atoms with Gasteiger partial charge in [-0.05, 0) is 19.3 Å². The molecule has 0 aromatic carbocycles. The Morgan fingerprint density at radius 2 is 2.04 bits per heavy atom. The van der Waals surface area contributed by atoms with Gasteiger partial charge in [-0.1, -0.05) is 19.8 Å². The largest absolute Gasteiger partial charge is 0.480 e. The number of hydrogen-bond donors (Lipinski definition) is 3. The summed E-state index contributed by atoms with van der Waals surface area (Å²) in [4.78, 5) is 49.0. The maximum absolute atomic E-state index is 12.1. The summed E-state index contributed by atoms with van der Waals surface area (Å²) in [6.07, 6.45) is 5.22. The first kappa shape index (κ1) is 17.0. The van der Waals surface area contributed by atoms with Gasteiger partial charge in [-0.3, -0.25) is 19.1 Å². The molecule has 0 unspecified atom stereocenters. The number of carbonyl (C=O) groups is 2. The lowest BCUT2D eigenvalue weighted by Crippen LogP contribution is -2.47. The summed E-state index contributed by atoms with van der Waals surface area (Å²) in [5.74, 6) is -1.66. The van der Waals surface area contributed by atoms with Crippen molar-refractivity contribution in [2.24, 2.45) is 5.92 Å². The van der Waals surface area contributed by atoms with Crippen LogP contribution in [-0.2, 0) is 22.6 Å². The average molecular weight is 323 g/mol. The van der Waals surface area contributed by atoms with E-state index in [0.717, 1.165) is 30.3 Å². The van der Waals surface area contributed by atoms with Gasteiger partial charge in [0.2, 0.25) is 5.91 Å². The van der Waals surface area contributed by atoms with Crippen molar-refractivity contribution in [3.05, 3.63) is 32.6 Å². The van der Waals surface area contributed by atoms with E-state index < -0.39 is 23.3 Å². The normalized spacial score (nSPS) is 16.2. The molecule has 8 nitrogen and oxygen atoms in total. The van der Waals surface area contributed by atoms with Crippen molar-refractivity contribution in [3.8, 4) is 0 Å². The van der Waals surface area contributed by atoms with Crippen LogP contribution in [0.5, 0.6) is 0 Å². The Hall–Kier alpha value is -2.38. The zero-order valence-corrected chi connectivity index (χ0v) is 13.0. The van der Waals surface area contributed by atoms with Crippen LogP contribution in [0.2, 0.25) is 0 Å². The van der Waals surface area contributed by atoms with Crippen LogP contribution in [-0.4, -0.2) is 32.6 Å². The minimum Gasteiger partial charge on any atom is -0.480 e. The summed E-state index contributed by atoms with van der Waals surface area (Å²) < 4.78 is 1.12. The molecule has 0 saturated heterocycles. The lowest BCUT2D eigenvalue weighted by molar-refractivity contribution is -0.142. The van der Waals surface area contributed by atoms with Gasteiger partial charge < -0.3 is 10.4 Å². The highest BCUT2D eigenvalue weighted by molar-refractivity contribution is 5.85. The molecule has 0 aliphatic heterocycles. The number of nitrogens with one attached hydrogen (secondary N) is 2. The number of H-pyrrole nitrogens is 1. The number of carboxylic acids is 1. The fraction of sp³-hybridized carbons (Fsp3) is 0.600. The van der Waals surface area contributed by atoms with Crippen LogP contribution in [0.4, 0.5) is 0 Å². The van der Waals surface area contributed by atoms with Crippen molar-refractivity contribution < 1.29 is 14.7 Å². The van der Waals surface area contributed by atoms with Crippen LogP contribution in [0, 0.1) is 5.92 Å². The quantitative estimate of drug-likeness (QED) is 0.672. The molecule has 1 aliphatic carbocycles. The molecule has 0 bridgehead atoms. The van der Waals surface area contributed by atoms with Gasteiger partial charge in [0.05, 0.1) is 6.54 Å². The monoisotopic (exact) mass is 323 g/mol. The smallest absolute Gasteiger partial charge is 0.328 e. The third kappa shape index (κ3) is 4.08. The molecule has 1 heterocycles. The molecule has 1 fully saturated rings. The zero-order valence-electron chi connectivity index (χ0n) is 13.0. The number of aliphatic carboxylic acids is 1. The number of nitrogens with zero attached hydrogens (tertiary/aromatic N) is 1. The van der Waals surface area contributed by atoms with Gasteiger partial charge in [0.25, 0.3) is 5.56 Å². The van der Waals surface area contributed by atoms with Crippen LogP contribution in [0.25, 0.3) is 0 Å². The van der Waals surface area contributed by atoms with Gasteiger partial charge >= 0.3 is 11.7 Å². The SMILES string of the molecule is CCc1cn(C[C@H](NC(=O)C2CCCC2)C(=O)O)c(=O)[nH]c1=O. The Bertz CT molecular complexity index is 700. The van der Waals surface area contributed by atoms with E-state index >= 15 is 0 Å². The second kappa shape index (κ2) is 7.26. The first-order valence-corrected chi connectivity index (χ1v) is 7.78. The standard InChI is InChI=1S/C15H21N3O5/c1-2-9-7-18(15(23)17-12(9)19)8-11(14(21)22)16-13(20)10-5-3-4-6-10/h7,10-11H,2-6,8H2,1H3,(H,16,20)(H,21,22)(H,17,19,23)/t11-/m0/s1. The third-order valence-electron chi connectivity index (χ3n) is 4.19. The Morgan fingerprint density at radius 3 is 2.61 bits per heavy atom. The molecule has 1 aliphatic rings. The molecule has 23 heavy (non-hydrogen) atoms. The lowest BCUT2D eigenvalue weighted by Gasteiger charge is -2.18. The molecule has 0 radical (unpaired) electrons. The molecule has 1 amide bonds. The van der Waals surface area contributed by atoms with Gasteiger partial charge in [0.15, 0.2) is 0 Å². The second-order valence-corrected chi connectivity index (χ2v) is 5.80. The van der Waals surface area contributed by atoms with E-state index in [2.05, 4.69) is 10.3 Å². The number of aromatic amines is 1. The zero-order chi connectivity index (χ0) is 17.0. The highest BCUT2D eigenvalue weighted by atomic mass is 16.4. The highest BCUT2D eigenvalue weighted by Crippen LogP contribution is 2.24. The van der Waals surface area contributed by atoms with Crippen LogP contribution >= 0.6 is 0 Å². The van der Waals surface area contributed by atoms with Gasteiger partial charge in [-0.2, -0.15) is 0 Å². The number of hydrogen-bond acceptors (Lipinski definition) is 4. The topological polar surface area (TPSA) is 121 Å². The molecule has 8 heteroatoms. The summed E-state index contributed by atoms with van der Waals surface area (Å²) >= 11 is 0. The second-order valence-electron chi connectivity index (χ2n) is 5.80. The summed E-state index contributed by atoms with van der Waals surface area (Å²) in [5, 5.41) is 11.8. The van der Waals surface area contributed by atoms with Gasteiger partial charge in [-0.25, -0.2) is 9.59 Å². The predicted molar refractivity (Wildman–Crippen MR) is 82.2 cm³/mol. The van der Waals surface area contributed by atoms with Crippen LogP contribution in [0.1, 0.15) is 38.2 Å². The van der Waals surface area contributed by atoms with E-state index in [9.17, 15) is 24.3 Å². The van der Waals surface area contributed by atoms with E-state index in [1.54, 1.807) is 6.92 Å². The number of amides is 1. The number of carbonyl (C=O) groups excluding carboxylic acids is 1. The number of carboxylic acid groups (broad SMARTS) is 1. The highest BCUT2D eigenvalue weighted by Gasteiger charge is 2.28. The molecular weight excluding hydrogens is 302 g/mol. The first-order chi connectivity index (χ1) is 10.9. The van der Waals surface area contributed by atoms with Crippen LogP contribution < -0.4 is 16.6 Å². The van der Waals surface area contributed by atoms with Crippen molar-refractivity contribution in [2.75, 3.05) is 0 Å². The Labute approximate surface area is 132 Å². The number of aromatic nitrogens is 2. The molecule has 126 valence electrons. The van der Waals surface area contributed by atoms with E-state index in [0.29, 0.717) is 12.0 Å². The van der Waals surface area contributed by atoms with Gasteiger partial charge in [0, 0.05) is 17.7 Å². The maximum Gasteiger partial charge on any atom is 0.328 e. The van der Waals surface area contributed by atoms with Crippen molar-refractivity contribution in [2.45, 2.75) is 51.6 Å². The molecule has 1 aromatic heterocycles. The van der Waals surface area contributed by atoms with E-state index in [1.807, 2.05) is 0 Å². The molecule has 1 saturated carbocycles. The predicted octanol–water partition coefficient (Wildman–Crippen LogP) is -0.141. The molecule has 2 rings (SSSR count). The van der Waals surface area contributed by atoms with Crippen LogP contribution in [0.3, 0.4) is 0 Å². The maximum atomic E-state index is 12.1. The molecule has 3 N–H and O–H groups in total. The summed E-state index contributed by atoms with van der Waals surface area (Å²) in [6, 6.07) is -1.21. The average Bonchev–Trinajstić information content (AvgIpc) is 3.03. The first-order valence-electron chi connectivity index (χ1n) is 7.78. The molecule has 1 atom stereocenters. The van der Waals surface area contributed by atoms with Crippen LogP contribution in [0.15, 0.2) is 15.8 Å². The van der Waals surface area contributed by atoms with E-state index in [-0.39, 0.29) is 18.4 Å². The minimum absolute atomic E-state index is 0.157. The Morgan fingerprint density at radius 1 is 1.39 bits per heavy atom. The third-order valence-corrected chi connectivity index (χ3v) is 4.19. The van der Waals surface area contributed by atoms with Gasteiger partial charge in [-0.15, -0.1) is 0 Å². The van der Waals surface area contributed by atoms with Crippen molar-refractivity contribution in [3.63, 3.8) is 0 Å². The fourth-order valence-corrected chi connectivity index (χ4v) is 2.80. The van der Waals surface area contributed by atoms with Gasteiger partial charge in [0.1, 0.15) is 6.04 Å². The number of rotatable bonds is 6. The summed E-state index contributed by atoms with van der Waals surface area (Å²) in [5.41, 5.74) is -0.778.